The van der Waals surface area contributed by atoms with Crippen molar-refractivity contribution in [2.75, 3.05) is 12.3 Å². The number of ether oxygens (including phenoxy) is 1. The largest absolute Gasteiger partial charge is 0.462 e. The van der Waals surface area contributed by atoms with Crippen LogP contribution in [0.4, 0.5) is 5.00 Å². The number of anilines is 1. The number of thiophene rings is 1. The van der Waals surface area contributed by atoms with Crippen LogP contribution in [-0.2, 0) is 17.6 Å². The van der Waals surface area contributed by atoms with Gasteiger partial charge in [-0.1, -0.05) is 71.6 Å². The second kappa shape index (κ2) is 14.1. The lowest BCUT2D eigenvalue weighted by molar-refractivity contribution is 0.0527. The maximum absolute atomic E-state index is 12.4. The zero-order chi connectivity index (χ0) is 19.2. The number of hydrogen-bond acceptors (Lipinski definition) is 4. The number of rotatable bonds is 15. The summed E-state index contributed by atoms with van der Waals surface area (Å²) in [5.74, 6) is -0.237. The Morgan fingerprint density at radius 2 is 1.38 bits per heavy atom. The summed E-state index contributed by atoms with van der Waals surface area (Å²) in [6, 6.07) is 0. The second-order valence-corrected chi connectivity index (χ2v) is 8.28. The highest BCUT2D eigenvalue weighted by atomic mass is 32.1. The van der Waals surface area contributed by atoms with Gasteiger partial charge in [-0.3, -0.25) is 0 Å². The molecule has 1 rings (SSSR count). The summed E-state index contributed by atoms with van der Waals surface area (Å²) in [6.07, 6.45) is 15.9. The lowest BCUT2D eigenvalue weighted by atomic mass is 9.99. The molecule has 0 unspecified atom stereocenters. The van der Waals surface area contributed by atoms with Crippen molar-refractivity contribution in [3.05, 3.63) is 16.0 Å². The van der Waals surface area contributed by atoms with Crippen molar-refractivity contribution in [2.24, 2.45) is 0 Å². The van der Waals surface area contributed by atoms with Crippen LogP contribution in [0.5, 0.6) is 0 Å². The van der Waals surface area contributed by atoms with Gasteiger partial charge in [-0.05, 0) is 38.2 Å². The summed E-state index contributed by atoms with van der Waals surface area (Å²) in [5.41, 5.74) is 8.05. The standard InChI is InChI=1S/C22H39NO2S/c1-4-7-9-11-13-14-16-18-19(17-15-12-10-8-5-2)26-21(23)20(18)22(24)25-6-3/h4-17,23H2,1-3H3. The third-order valence-electron chi connectivity index (χ3n) is 4.89. The van der Waals surface area contributed by atoms with E-state index in [9.17, 15) is 4.79 Å². The second-order valence-electron chi connectivity index (χ2n) is 7.15. The highest BCUT2D eigenvalue weighted by Gasteiger charge is 2.22. The molecule has 4 heteroatoms. The molecule has 1 heterocycles. The maximum atomic E-state index is 12.4. The summed E-state index contributed by atoms with van der Waals surface area (Å²) in [5, 5.41) is 0.646. The van der Waals surface area contributed by atoms with Gasteiger partial charge < -0.3 is 10.5 Å². The number of aryl methyl sites for hydroxylation is 1. The molecule has 26 heavy (non-hydrogen) atoms. The molecular formula is C22H39NO2S. The molecule has 0 atom stereocenters. The predicted molar refractivity (Wildman–Crippen MR) is 114 cm³/mol. The topological polar surface area (TPSA) is 52.3 Å². The third-order valence-corrected chi connectivity index (χ3v) is 6.01. The molecule has 150 valence electrons. The summed E-state index contributed by atoms with van der Waals surface area (Å²) in [7, 11) is 0. The SMILES string of the molecule is CCCCCCCCc1c(CCCCCCC)sc(N)c1C(=O)OCC. The molecule has 0 amide bonds. The maximum Gasteiger partial charge on any atom is 0.341 e. The molecule has 0 saturated carbocycles. The van der Waals surface area contributed by atoms with Gasteiger partial charge >= 0.3 is 5.97 Å². The van der Waals surface area contributed by atoms with Gasteiger partial charge in [0, 0.05) is 4.88 Å². The van der Waals surface area contributed by atoms with Crippen LogP contribution >= 0.6 is 11.3 Å². The molecule has 0 spiro atoms. The fourth-order valence-corrected chi connectivity index (χ4v) is 4.55. The molecule has 0 fully saturated rings. The molecule has 3 nitrogen and oxygen atoms in total. The molecule has 1 aromatic heterocycles. The fraction of sp³-hybridized carbons (Fsp3) is 0.773. The summed E-state index contributed by atoms with van der Waals surface area (Å²) in [6.45, 7) is 6.73. The van der Waals surface area contributed by atoms with Crippen molar-refractivity contribution in [1.82, 2.24) is 0 Å². The Kier molecular flexibility index (Phi) is 12.5. The molecule has 0 saturated heterocycles. The first kappa shape index (κ1) is 23.0. The number of carbonyl (C=O) groups excluding carboxylic acids is 1. The first-order chi connectivity index (χ1) is 12.7. The molecule has 0 aliphatic rings. The van der Waals surface area contributed by atoms with Crippen molar-refractivity contribution < 1.29 is 9.53 Å². The molecule has 0 bridgehead atoms. The molecule has 2 N–H and O–H groups in total. The van der Waals surface area contributed by atoms with Crippen molar-refractivity contribution in [3.8, 4) is 0 Å². The van der Waals surface area contributed by atoms with Crippen molar-refractivity contribution in [3.63, 3.8) is 0 Å². The van der Waals surface area contributed by atoms with E-state index in [0.717, 1.165) is 19.3 Å². The highest BCUT2D eigenvalue weighted by Crippen LogP contribution is 2.34. The third kappa shape index (κ3) is 8.11. The first-order valence-electron chi connectivity index (χ1n) is 10.7. The lowest BCUT2D eigenvalue weighted by Crippen LogP contribution is -2.09. The van der Waals surface area contributed by atoms with E-state index in [4.69, 9.17) is 10.5 Å². The Balaban J connectivity index is 2.71. The van der Waals surface area contributed by atoms with Crippen LogP contribution in [0.1, 0.15) is 112 Å². The Morgan fingerprint density at radius 1 is 0.846 bits per heavy atom. The molecule has 0 radical (unpaired) electrons. The van der Waals surface area contributed by atoms with Crippen LogP contribution in [0, 0.1) is 0 Å². The van der Waals surface area contributed by atoms with Crippen LogP contribution in [0.15, 0.2) is 0 Å². The van der Waals surface area contributed by atoms with Crippen LogP contribution in [0.3, 0.4) is 0 Å². The van der Waals surface area contributed by atoms with Crippen LogP contribution in [0.25, 0.3) is 0 Å². The molecule has 0 aliphatic heterocycles. The quantitative estimate of drug-likeness (QED) is 0.265. The van der Waals surface area contributed by atoms with Gasteiger partial charge in [0.2, 0.25) is 0 Å². The minimum Gasteiger partial charge on any atom is -0.462 e. The number of unbranched alkanes of at least 4 members (excludes halogenated alkanes) is 9. The Hall–Kier alpha value is -1.03. The zero-order valence-electron chi connectivity index (χ0n) is 17.2. The van der Waals surface area contributed by atoms with Gasteiger partial charge in [0.25, 0.3) is 0 Å². The van der Waals surface area contributed by atoms with E-state index < -0.39 is 0 Å². The monoisotopic (exact) mass is 381 g/mol. The van der Waals surface area contributed by atoms with Crippen LogP contribution in [-0.4, -0.2) is 12.6 Å². The number of carbonyl (C=O) groups is 1. The van der Waals surface area contributed by atoms with Gasteiger partial charge in [-0.2, -0.15) is 0 Å². The van der Waals surface area contributed by atoms with Crippen molar-refractivity contribution in [2.45, 2.75) is 104 Å². The minimum atomic E-state index is -0.237. The number of nitrogen functional groups attached to an aromatic ring is 1. The molecule has 1 aromatic rings. The Labute approximate surface area is 164 Å². The minimum absolute atomic E-state index is 0.237. The van der Waals surface area contributed by atoms with Gasteiger partial charge in [-0.15, -0.1) is 11.3 Å². The Bertz CT molecular complexity index is 510. The number of nitrogens with two attached hydrogens (primary N) is 1. The summed E-state index contributed by atoms with van der Waals surface area (Å²) in [4.78, 5) is 13.7. The van der Waals surface area contributed by atoms with Crippen molar-refractivity contribution in [1.29, 1.82) is 0 Å². The fourth-order valence-electron chi connectivity index (χ4n) is 3.40. The normalized spacial score (nSPS) is 11.0. The average molecular weight is 382 g/mol. The van der Waals surface area contributed by atoms with E-state index in [-0.39, 0.29) is 5.97 Å². The molecular weight excluding hydrogens is 342 g/mol. The summed E-state index contributed by atoms with van der Waals surface area (Å²) >= 11 is 1.61. The summed E-state index contributed by atoms with van der Waals surface area (Å²) < 4.78 is 5.27. The van der Waals surface area contributed by atoms with Crippen LogP contribution < -0.4 is 5.73 Å². The number of esters is 1. The van der Waals surface area contributed by atoms with E-state index >= 15 is 0 Å². The molecule has 0 aromatic carbocycles. The van der Waals surface area contributed by atoms with Gasteiger partial charge in [0.05, 0.1) is 12.2 Å². The van der Waals surface area contributed by atoms with E-state index in [0.29, 0.717) is 17.2 Å². The average Bonchev–Trinajstić information content (AvgIpc) is 2.93. The van der Waals surface area contributed by atoms with Crippen molar-refractivity contribution >= 4 is 22.3 Å². The van der Waals surface area contributed by atoms with E-state index in [1.165, 1.54) is 74.6 Å². The van der Waals surface area contributed by atoms with E-state index in [1.54, 1.807) is 11.3 Å². The van der Waals surface area contributed by atoms with Gasteiger partial charge in [-0.25, -0.2) is 4.79 Å². The zero-order valence-corrected chi connectivity index (χ0v) is 18.0. The van der Waals surface area contributed by atoms with E-state index in [1.807, 2.05) is 6.92 Å². The lowest BCUT2D eigenvalue weighted by Gasteiger charge is -2.08. The number of hydrogen-bond donors (Lipinski definition) is 1. The highest BCUT2D eigenvalue weighted by molar-refractivity contribution is 7.16. The predicted octanol–water partition coefficient (Wildman–Crippen LogP) is 6.92. The smallest absolute Gasteiger partial charge is 0.341 e. The van der Waals surface area contributed by atoms with E-state index in [2.05, 4.69) is 13.8 Å². The van der Waals surface area contributed by atoms with Gasteiger partial charge in [0.15, 0.2) is 0 Å². The van der Waals surface area contributed by atoms with Crippen LogP contribution in [0.2, 0.25) is 0 Å². The Morgan fingerprint density at radius 3 is 1.96 bits per heavy atom. The van der Waals surface area contributed by atoms with Gasteiger partial charge in [0.1, 0.15) is 5.00 Å². The molecule has 0 aliphatic carbocycles. The first-order valence-corrected chi connectivity index (χ1v) is 11.5.